The highest BCUT2D eigenvalue weighted by Crippen LogP contribution is 2.16. The molecule has 1 saturated heterocycles. The number of likely N-dealkylation sites (N-methyl/N-ethyl adjacent to an activating group) is 1. The Bertz CT molecular complexity index is 723. The van der Waals surface area contributed by atoms with E-state index >= 15 is 0 Å². The van der Waals surface area contributed by atoms with Gasteiger partial charge in [0.05, 0.1) is 0 Å². The molecular weight excluding hydrogens is 326 g/mol. The summed E-state index contributed by atoms with van der Waals surface area (Å²) in [6, 6.07) is 11.7. The third kappa shape index (κ3) is 4.73. The molecule has 0 saturated carbocycles. The normalized spacial score (nSPS) is 14.9. The van der Waals surface area contributed by atoms with Crippen LogP contribution in [-0.4, -0.2) is 49.1 Å². The molecule has 1 aliphatic heterocycles. The maximum Gasteiger partial charge on any atom is 0.319 e. The maximum atomic E-state index is 12.1. The highest BCUT2D eigenvalue weighted by molar-refractivity contribution is 5.90. The van der Waals surface area contributed by atoms with Gasteiger partial charge in [-0.15, -0.1) is 0 Å². The van der Waals surface area contributed by atoms with Crippen LogP contribution >= 0.6 is 0 Å². The average molecular weight is 353 g/mol. The van der Waals surface area contributed by atoms with Crippen molar-refractivity contribution >= 4 is 17.5 Å². The van der Waals surface area contributed by atoms with Crippen LogP contribution in [0.25, 0.3) is 0 Å². The van der Waals surface area contributed by atoms with E-state index in [9.17, 15) is 4.79 Å². The first-order chi connectivity index (χ1) is 12.7. The Balaban J connectivity index is 1.50. The number of piperazine rings is 1. The van der Waals surface area contributed by atoms with Crippen molar-refractivity contribution in [3.8, 4) is 0 Å². The van der Waals surface area contributed by atoms with E-state index in [2.05, 4.69) is 39.4 Å². The van der Waals surface area contributed by atoms with Gasteiger partial charge in [0, 0.05) is 44.6 Å². The number of rotatable bonds is 5. The van der Waals surface area contributed by atoms with Crippen molar-refractivity contribution in [2.75, 3.05) is 43.4 Å². The topological polar surface area (TPSA) is 60.5 Å². The number of pyridine rings is 1. The van der Waals surface area contributed by atoms with Crippen molar-refractivity contribution < 1.29 is 4.79 Å². The molecule has 138 valence electrons. The van der Waals surface area contributed by atoms with Gasteiger partial charge in [-0.25, -0.2) is 9.78 Å². The van der Waals surface area contributed by atoms with Crippen LogP contribution in [0.1, 0.15) is 18.1 Å². The van der Waals surface area contributed by atoms with Crippen LogP contribution in [0.15, 0.2) is 42.6 Å². The minimum atomic E-state index is -0.200. The fraction of sp³-hybridized carbons (Fsp3) is 0.400. The number of para-hydroxylation sites is 1. The average Bonchev–Trinajstić information content (AvgIpc) is 2.68. The molecule has 0 aliphatic carbocycles. The number of nitrogens with one attached hydrogen (secondary N) is 2. The van der Waals surface area contributed by atoms with Gasteiger partial charge in [0.2, 0.25) is 0 Å². The van der Waals surface area contributed by atoms with Crippen LogP contribution in [0, 0.1) is 0 Å². The molecule has 0 spiro atoms. The van der Waals surface area contributed by atoms with E-state index in [0.717, 1.165) is 55.2 Å². The second kappa shape index (κ2) is 8.67. The summed E-state index contributed by atoms with van der Waals surface area (Å²) in [7, 11) is 2.14. The van der Waals surface area contributed by atoms with Gasteiger partial charge in [0.15, 0.2) is 0 Å². The zero-order chi connectivity index (χ0) is 18.4. The summed E-state index contributed by atoms with van der Waals surface area (Å²) in [5.74, 6) is 1.00. The van der Waals surface area contributed by atoms with E-state index in [1.165, 1.54) is 0 Å². The Kier molecular flexibility index (Phi) is 6.07. The van der Waals surface area contributed by atoms with E-state index in [4.69, 9.17) is 0 Å². The SMILES string of the molecule is CCc1ccccc1NC(=O)NCc1ccc(N2CCN(C)CC2)nc1. The number of urea groups is 1. The fourth-order valence-corrected chi connectivity index (χ4v) is 3.04. The maximum absolute atomic E-state index is 12.1. The lowest BCUT2D eigenvalue weighted by Gasteiger charge is -2.33. The van der Waals surface area contributed by atoms with E-state index < -0.39 is 0 Å². The first-order valence-electron chi connectivity index (χ1n) is 9.17. The van der Waals surface area contributed by atoms with E-state index in [-0.39, 0.29) is 6.03 Å². The lowest BCUT2D eigenvalue weighted by molar-refractivity contribution is 0.251. The molecule has 1 aromatic carbocycles. The van der Waals surface area contributed by atoms with Crippen molar-refractivity contribution in [1.82, 2.24) is 15.2 Å². The smallest absolute Gasteiger partial charge is 0.319 e. The van der Waals surface area contributed by atoms with Gasteiger partial charge in [-0.05, 0) is 36.7 Å². The Hall–Kier alpha value is -2.60. The van der Waals surface area contributed by atoms with Crippen LogP contribution in [-0.2, 0) is 13.0 Å². The molecule has 0 unspecified atom stereocenters. The summed E-state index contributed by atoms with van der Waals surface area (Å²) in [5.41, 5.74) is 2.97. The third-order valence-electron chi connectivity index (χ3n) is 4.74. The minimum absolute atomic E-state index is 0.200. The number of aromatic nitrogens is 1. The van der Waals surface area contributed by atoms with E-state index in [1.54, 1.807) is 0 Å². The minimum Gasteiger partial charge on any atom is -0.354 e. The second-order valence-electron chi connectivity index (χ2n) is 6.63. The van der Waals surface area contributed by atoms with Gasteiger partial charge >= 0.3 is 6.03 Å². The Morgan fingerprint density at radius 2 is 1.88 bits per heavy atom. The molecule has 2 aromatic rings. The zero-order valence-electron chi connectivity index (χ0n) is 15.5. The molecule has 6 nitrogen and oxygen atoms in total. The molecule has 1 aromatic heterocycles. The van der Waals surface area contributed by atoms with Crippen LogP contribution < -0.4 is 15.5 Å². The highest BCUT2D eigenvalue weighted by Gasteiger charge is 2.15. The molecule has 0 radical (unpaired) electrons. The number of hydrogen-bond acceptors (Lipinski definition) is 4. The first-order valence-corrected chi connectivity index (χ1v) is 9.17. The van der Waals surface area contributed by atoms with Crippen LogP contribution in [0.3, 0.4) is 0 Å². The molecule has 1 fully saturated rings. The third-order valence-corrected chi connectivity index (χ3v) is 4.74. The van der Waals surface area contributed by atoms with Gasteiger partial charge in [-0.2, -0.15) is 0 Å². The van der Waals surface area contributed by atoms with E-state index in [0.29, 0.717) is 6.54 Å². The number of benzene rings is 1. The second-order valence-corrected chi connectivity index (χ2v) is 6.63. The molecule has 0 bridgehead atoms. The van der Waals surface area contributed by atoms with Crippen molar-refractivity contribution in [2.24, 2.45) is 0 Å². The fourth-order valence-electron chi connectivity index (χ4n) is 3.04. The van der Waals surface area contributed by atoms with Crippen LogP contribution in [0.5, 0.6) is 0 Å². The molecular formula is C20H27N5O. The zero-order valence-corrected chi connectivity index (χ0v) is 15.5. The van der Waals surface area contributed by atoms with E-state index in [1.807, 2.05) is 42.6 Å². The van der Waals surface area contributed by atoms with Crippen LogP contribution in [0.2, 0.25) is 0 Å². The van der Waals surface area contributed by atoms with Crippen molar-refractivity contribution in [2.45, 2.75) is 19.9 Å². The van der Waals surface area contributed by atoms with Crippen molar-refractivity contribution in [3.05, 3.63) is 53.7 Å². The van der Waals surface area contributed by atoms with Gasteiger partial charge in [-0.3, -0.25) is 0 Å². The van der Waals surface area contributed by atoms with Gasteiger partial charge in [0.25, 0.3) is 0 Å². The molecule has 2 N–H and O–H groups in total. The number of anilines is 2. The van der Waals surface area contributed by atoms with Crippen molar-refractivity contribution in [1.29, 1.82) is 0 Å². The van der Waals surface area contributed by atoms with Crippen molar-refractivity contribution in [3.63, 3.8) is 0 Å². The Labute approximate surface area is 155 Å². The number of carbonyl (C=O) groups is 1. The van der Waals surface area contributed by atoms with Gasteiger partial charge in [0.1, 0.15) is 5.82 Å². The predicted molar refractivity (Wildman–Crippen MR) is 106 cm³/mol. The van der Waals surface area contributed by atoms with Gasteiger partial charge < -0.3 is 20.4 Å². The molecule has 3 rings (SSSR count). The van der Waals surface area contributed by atoms with Gasteiger partial charge in [-0.1, -0.05) is 31.2 Å². The molecule has 2 amide bonds. The lowest BCUT2D eigenvalue weighted by Crippen LogP contribution is -2.44. The Morgan fingerprint density at radius 1 is 1.12 bits per heavy atom. The standard InChI is InChI=1S/C20H27N5O/c1-3-17-6-4-5-7-18(17)23-20(26)22-15-16-8-9-19(21-14-16)25-12-10-24(2)11-13-25/h4-9,14H,3,10-13,15H2,1-2H3,(H2,22,23,26). The monoisotopic (exact) mass is 353 g/mol. The number of amides is 2. The summed E-state index contributed by atoms with van der Waals surface area (Å²) >= 11 is 0. The molecule has 1 aliphatic rings. The summed E-state index contributed by atoms with van der Waals surface area (Å²) in [5, 5.41) is 5.81. The van der Waals surface area contributed by atoms with Crippen LogP contribution in [0.4, 0.5) is 16.3 Å². The molecule has 2 heterocycles. The first kappa shape index (κ1) is 18.2. The largest absolute Gasteiger partial charge is 0.354 e. The lowest BCUT2D eigenvalue weighted by atomic mass is 10.1. The summed E-state index contributed by atoms with van der Waals surface area (Å²) in [4.78, 5) is 21.3. The Morgan fingerprint density at radius 3 is 2.58 bits per heavy atom. The summed E-state index contributed by atoms with van der Waals surface area (Å²) < 4.78 is 0. The number of carbonyl (C=O) groups excluding carboxylic acids is 1. The molecule has 26 heavy (non-hydrogen) atoms. The quantitative estimate of drug-likeness (QED) is 0.868. The number of hydrogen-bond donors (Lipinski definition) is 2. The molecule has 6 heteroatoms. The summed E-state index contributed by atoms with van der Waals surface area (Å²) in [6.45, 7) is 6.65. The summed E-state index contributed by atoms with van der Waals surface area (Å²) in [6.07, 6.45) is 2.72. The predicted octanol–water partition coefficient (Wildman–Crippen LogP) is 2.72. The highest BCUT2D eigenvalue weighted by atomic mass is 16.2. The number of aryl methyl sites for hydroxylation is 1. The number of nitrogens with zero attached hydrogens (tertiary/aromatic N) is 3. The molecule has 0 atom stereocenters.